The lowest BCUT2D eigenvalue weighted by Crippen LogP contribution is -2.35. The molecule has 2 rings (SSSR count). The van der Waals surface area contributed by atoms with E-state index < -0.39 is 0 Å². The van der Waals surface area contributed by atoms with E-state index in [9.17, 15) is 4.79 Å². The minimum atomic E-state index is -0.186. The smallest absolute Gasteiger partial charge is 0.312 e. The van der Waals surface area contributed by atoms with Crippen molar-refractivity contribution in [1.82, 2.24) is 0 Å². The highest BCUT2D eigenvalue weighted by Gasteiger charge is 2.52. The summed E-state index contributed by atoms with van der Waals surface area (Å²) in [6, 6.07) is 0. The average Bonchev–Trinajstić information content (AvgIpc) is 2.75. The van der Waals surface area contributed by atoms with Gasteiger partial charge in [0.2, 0.25) is 0 Å². The van der Waals surface area contributed by atoms with E-state index in [2.05, 4.69) is 19.1 Å². The van der Waals surface area contributed by atoms with Crippen LogP contribution in [0.2, 0.25) is 0 Å². The summed E-state index contributed by atoms with van der Waals surface area (Å²) in [5, 5.41) is 0. The van der Waals surface area contributed by atoms with Gasteiger partial charge in [-0.15, -0.1) is 0 Å². The van der Waals surface area contributed by atoms with E-state index in [1.807, 2.05) is 0 Å². The van der Waals surface area contributed by atoms with Crippen LogP contribution in [0.1, 0.15) is 26.2 Å². The molecule has 0 radical (unpaired) electrons. The molecule has 3 atom stereocenters. The third-order valence-electron chi connectivity index (χ3n) is 3.73. The summed E-state index contributed by atoms with van der Waals surface area (Å²) >= 11 is 0. The van der Waals surface area contributed by atoms with Crippen molar-refractivity contribution in [3.63, 3.8) is 0 Å². The first kappa shape index (κ1) is 8.79. The molecule has 0 N–H and O–H groups in total. The van der Waals surface area contributed by atoms with Gasteiger partial charge in [0, 0.05) is 0 Å². The molecular formula is C11H16O2. The Labute approximate surface area is 79.0 Å². The summed E-state index contributed by atoms with van der Waals surface area (Å²) in [6.07, 6.45) is 7.52. The second kappa shape index (κ2) is 2.86. The molecule has 0 aliphatic heterocycles. The van der Waals surface area contributed by atoms with Gasteiger partial charge in [-0.2, -0.15) is 0 Å². The number of ether oxygens (including phenoxy) is 1. The third-order valence-corrected chi connectivity index (χ3v) is 3.73. The van der Waals surface area contributed by atoms with Crippen LogP contribution in [0, 0.1) is 17.3 Å². The zero-order valence-electron chi connectivity index (χ0n) is 8.25. The van der Waals surface area contributed by atoms with Crippen LogP contribution in [-0.4, -0.2) is 13.1 Å². The molecule has 0 spiro atoms. The molecule has 2 nitrogen and oxygen atoms in total. The number of hydrogen-bond donors (Lipinski definition) is 0. The van der Waals surface area contributed by atoms with Gasteiger partial charge in [-0.1, -0.05) is 19.1 Å². The van der Waals surface area contributed by atoms with Crippen LogP contribution in [0.3, 0.4) is 0 Å². The number of carbonyl (C=O) groups is 1. The summed E-state index contributed by atoms with van der Waals surface area (Å²) in [5.74, 6) is 1.06. The van der Waals surface area contributed by atoms with E-state index in [0.29, 0.717) is 11.8 Å². The molecule has 72 valence electrons. The molecule has 0 aromatic rings. The minimum Gasteiger partial charge on any atom is -0.469 e. The van der Waals surface area contributed by atoms with Crippen molar-refractivity contribution in [2.24, 2.45) is 17.3 Å². The summed E-state index contributed by atoms with van der Waals surface area (Å²) in [6.45, 7) is 2.09. The highest BCUT2D eigenvalue weighted by atomic mass is 16.5. The molecule has 13 heavy (non-hydrogen) atoms. The quantitative estimate of drug-likeness (QED) is 0.481. The van der Waals surface area contributed by atoms with Gasteiger partial charge in [-0.3, -0.25) is 4.79 Å². The molecular weight excluding hydrogens is 164 g/mol. The van der Waals surface area contributed by atoms with Crippen LogP contribution >= 0.6 is 0 Å². The van der Waals surface area contributed by atoms with E-state index in [0.717, 1.165) is 19.3 Å². The molecule has 0 aromatic carbocycles. The lowest BCUT2D eigenvalue weighted by Gasteiger charge is -2.31. The number of rotatable bonds is 2. The molecule has 3 unspecified atom stereocenters. The Morgan fingerprint density at radius 3 is 2.77 bits per heavy atom. The van der Waals surface area contributed by atoms with E-state index in [-0.39, 0.29) is 11.4 Å². The number of fused-ring (bicyclic) bond motifs is 2. The normalized spacial score (nSPS) is 41.1. The lowest BCUT2D eigenvalue weighted by atomic mass is 9.74. The van der Waals surface area contributed by atoms with Gasteiger partial charge >= 0.3 is 5.97 Å². The van der Waals surface area contributed by atoms with Crippen molar-refractivity contribution in [2.45, 2.75) is 26.2 Å². The summed E-state index contributed by atoms with van der Waals surface area (Å²) in [7, 11) is 1.50. The molecule has 2 aliphatic carbocycles. The predicted octanol–water partition coefficient (Wildman–Crippen LogP) is 2.15. The first-order chi connectivity index (χ1) is 6.23. The summed E-state index contributed by atoms with van der Waals surface area (Å²) in [5.41, 5.74) is -0.186. The fourth-order valence-electron chi connectivity index (χ4n) is 2.94. The average molecular weight is 180 g/mol. The standard InChI is InChI=1S/C11H16O2/c1-3-11(10(12)13-2)7-8-4-5-9(11)6-8/h4-5,8-9H,3,6-7H2,1-2H3. The monoisotopic (exact) mass is 180 g/mol. The van der Waals surface area contributed by atoms with Crippen molar-refractivity contribution in [1.29, 1.82) is 0 Å². The molecule has 2 heteroatoms. The Kier molecular flexibility index (Phi) is 1.94. The molecule has 1 fully saturated rings. The fraction of sp³-hybridized carbons (Fsp3) is 0.727. The van der Waals surface area contributed by atoms with Gasteiger partial charge in [0.05, 0.1) is 12.5 Å². The Bertz CT molecular complexity index is 257. The van der Waals surface area contributed by atoms with Gasteiger partial charge in [-0.25, -0.2) is 0 Å². The molecule has 2 aliphatic rings. The maximum Gasteiger partial charge on any atom is 0.312 e. The van der Waals surface area contributed by atoms with E-state index in [4.69, 9.17) is 4.74 Å². The van der Waals surface area contributed by atoms with Gasteiger partial charge in [0.1, 0.15) is 0 Å². The van der Waals surface area contributed by atoms with Crippen LogP contribution in [-0.2, 0) is 9.53 Å². The predicted molar refractivity (Wildman–Crippen MR) is 50.1 cm³/mol. The van der Waals surface area contributed by atoms with Crippen molar-refractivity contribution in [2.75, 3.05) is 7.11 Å². The molecule has 0 heterocycles. The molecule has 0 amide bonds. The van der Waals surface area contributed by atoms with Crippen LogP contribution in [0.5, 0.6) is 0 Å². The number of allylic oxidation sites excluding steroid dienone is 2. The van der Waals surface area contributed by atoms with Gasteiger partial charge in [-0.05, 0) is 31.1 Å². The minimum absolute atomic E-state index is 0.00755. The van der Waals surface area contributed by atoms with Gasteiger partial charge in [0.25, 0.3) is 0 Å². The highest BCUT2D eigenvalue weighted by molar-refractivity contribution is 5.78. The van der Waals surface area contributed by atoms with Crippen LogP contribution < -0.4 is 0 Å². The number of esters is 1. The Morgan fingerprint density at radius 2 is 2.38 bits per heavy atom. The van der Waals surface area contributed by atoms with Crippen LogP contribution in [0.25, 0.3) is 0 Å². The van der Waals surface area contributed by atoms with Crippen molar-refractivity contribution >= 4 is 5.97 Å². The van der Waals surface area contributed by atoms with E-state index in [1.165, 1.54) is 7.11 Å². The Balaban J connectivity index is 2.27. The molecule has 2 bridgehead atoms. The second-order valence-electron chi connectivity index (χ2n) is 4.19. The largest absolute Gasteiger partial charge is 0.469 e. The number of hydrogen-bond acceptors (Lipinski definition) is 2. The summed E-state index contributed by atoms with van der Waals surface area (Å²) < 4.78 is 4.91. The van der Waals surface area contributed by atoms with Gasteiger partial charge < -0.3 is 4.74 Å². The van der Waals surface area contributed by atoms with Crippen molar-refractivity contribution in [3.8, 4) is 0 Å². The van der Waals surface area contributed by atoms with E-state index in [1.54, 1.807) is 0 Å². The third kappa shape index (κ3) is 1.04. The van der Waals surface area contributed by atoms with Crippen molar-refractivity contribution in [3.05, 3.63) is 12.2 Å². The molecule has 0 aromatic heterocycles. The van der Waals surface area contributed by atoms with Crippen molar-refractivity contribution < 1.29 is 9.53 Å². The highest BCUT2D eigenvalue weighted by Crippen LogP contribution is 2.54. The Hall–Kier alpha value is -0.790. The van der Waals surface area contributed by atoms with E-state index >= 15 is 0 Å². The Morgan fingerprint density at radius 1 is 1.62 bits per heavy atom. The second-order valence-corrected chi connectivity index (χ2v) is 4.19. The zero-order chi connectivity index (χ0) is 9.47. The van der Waals surface area contributed by atoms with Crippen LogP contribution in [0.15, 0.2) is 12.2 Å². The first-order valence-corrected chi connectivity index (χ1v) is 4.99. The first-order valence-electron chi connectivity index (χ1n) is 4.99. The maximum atomic E-state index is 11.7. The summed E-state index contributed by atoms with van der Waals surface area (Å²) in [4.78, 5) is 11.7. The number of carbonyl (C=O) groups excluding carboxylic acids is 1. The van der Waals surface area contributed by atoms with Gasteiger partial charge in [0.15, 0.2) is 0 Å². The number of methoxy groups -OCH3 is 1. The topological polar surface area (TPSA) is 26.3 Å². The molecule has 0 saturated heterocycles. The van der Waals surface area contributed by atoms with Crippen LogP contribution in [0.4, 0.5) is 0 Å². The SMILES string of the molecule is CCC1(C(=O)OC)CC2C=CC1C2. The maximum absolute atomic E-state index is 11.7. The molecule has 1 saturated carbocycles. The lowest BCUT2D eigenvalue weighted by molar-refractivity contribution is -0.154. The zero-order valence-corrected chi connectivity index (χ0v) is 8.25. The fourth-order valence-corrected chi connectivity index (χ4v) is 2.94.